The minimum absolute atomic E-state index is 0.0609. The number of rotatable bonds is 8. The van der Waals surface area contributed by atoms with Crippen LogP contribution >= 0.6 is 10.8 Å². The summed E-state index contributed by atoms with van der Waals surface area (Å²) in [5.74, 6) is 4.61. The Kier molecular flexibility index (Phi) is 7.57. The highest BCUT2D eigenvalue weighted by molar-refractivity contribution is 8.10. The highest BCUT2D eigenvalue weighted by atomic mass is 32.2. The Morgan fingerprint density at radius 2 is 1.71 bits per heavy atom. The van der Waals surface area contributed by atoms with E-state index in [1.807, 2.05) is 67.6 Å². The van der Waals surface area contributed by atoms with Gasteiger partial charge < -0.3 is 14.7 Å². The minimum atomic E-state index is -1.69. The molecule has 0 aliphatic carbocycles. The van der Waals surface area contributed by atoms with Gasteiger partial charge in [-0.1, -0.05) is 54.1 Å². The first-order valence-electron chi connectivity index (χ1n) is 10.7. The fraction of sp³-hybridized carbons (Fsp3) is 0.111. The molecule has 0 saturated heterocycles. The second kappa shape index (κ2) is 10.8. The molecular formula is C27H26N2O3S2. The summed E-state index contributed by atoms with van der Waals surface area (Å²) in [6.07, 6.45) is 0. The van der Waals surface area contributed by atoms with Gasteiger partial charge in [0.1, 0.15) is 28.2 Å². The molecule has 0 bridgehead atoms. The molecule has 0 spiro atoms. The van der Waals surface area contributed by atoms with Crippen molar-refractivity contribution in [1.82, 2.24) is 0 Å². The smallest absolute Gasteiger partial charge is 0.133 e. The van der Waals surface area contributed by atoms with Gasteiger partial charge in [-0.3, -0.25) is 5.41 Å². The number of hydrogen-bond donors (Lipinski definition) is 2. The predicted octanol–water partition coefficient (Wildman–Crippen LogP) is 5.93. The van der Waals surface area contributed by atoms with Crippen molar-refractivity contribution >= 4 is 48.9 Å². The molecule has 0 saturated carbocycles. The Balaban J connectivity index is 1.42. The Bertz CT molecular complexity index is 1380. The van der Waals surface area contributed by atoms with Crippen LogP contribution < -0.4 is 10.5 Å². The average Bonchev–Trinajstić information content (AvgIpc) is 2.86. The lowest BCUT2D eigenvalue weighted by Crippen LogP contribution is -2.12. The summed E-state index contributed by atoms with van der Waals surface area (Å²) in [7, 11) is -2.27. The van der Waals surface area contributed by atoms with Crippen molar-refractivity contribution in [3.63, 3.8) is 0 Å². The van der Waals surface area contributed by atoms with E-state index < -0.39 is 21.6 Å². The van der Waals surface area contributed by atoms with Gasteiger partial charge in [0.25, 0.3) is 0 Å². The van der Waals surface area contributed by atoms with Crippen molar-refractivity contribution in [2.24, 2.45) is 0 Å². The summed E-state index contributed by atoms with van der Waals surface area (Å²) >= 11 is 0. The van der Waals surface area contributed by atoms with E-state index in [1.54, 1.807) is 24.3 Å². The van der Waals surface area contributed by atoms with Gasteiger partial charge in [0.2, 0.25) is 0 Å². The van der Waals surface area contributed by atoms with Gasteiger partial charge in [0, 0.05) is 16.1 Å². The first-order valence-corrected chi connectivity index (χ1v) is 13.2. The molecule has 0 aromatic heterocycles. The molecular weight excluding hydrogens is 464 g/mol. The third-order valence-electron chi connectivity index (χ3n) is 5.27. The highest BCUT2D eigenvalue weighted by Gasteiger charge is 2.18. The van der Waals surface area contributed by atoms with Crippen LogP contribution in [0.15, 0.2) is 94.7 Å². The van der Waals surface area contributed by atoms with Gasteiger partial charge in [0.15, 0.2) is 0 Å². The van der Waals surface area contributed by atoms with Crippen LogP contribution in [0.2, 0.25) is 0 Å². The lowest BCUT2D eigenvalue weighted by Gasteiger charge is -2.13. The van der Waals surface area contributed by atoms with E-state index in [0.717, 1.165) is 15.7 Å². The quantitative estimate of drug-likeness (QED) is 0.105. The zero-order valence-corrected chi connectivity index (χ0v) is 20.5. The average molecular weight is 491 g/mol. The van der Waals surface area contributed by atoms with Gasteiger partial charge in [-0.2, -0.15) is 0 Å². The van der Waals surface area contributed by atoms with E-state index in [1.165, 1.54) is 5.56 Å². The van der Waals surface area contributed by atoms with E-state index in [-0.39, 0.29) is 5.04 Å². The fourth-order valence-electron chi connectivity index (χ4n) is 3.44. The summed E-state index contributed by atoms with van der Waals surface area (Å²) < 4.78 is 24.9. The molecule has 0 fully saturated rings. The number of nitrogen functional groups attached to an aromatic ring is 1. The summed E-state index contributed by atoms with van der Waals surface area (Å²) in [6.45, 7) is 2.71. The molecule has 3 N–H and O–H groups in total. The summed E-state index contributed by atoms with van der Waals surface area (Å²) in [4.78, 5) is 1.62. The third-order valence-corrected chi connectivity index (χ3v) is 7.86. The predicted molar refractivity (Wildman–Crippen MR) is 144 cm³/mol. The van der Waals surface area contributed by atoms with Crippen molar-refractivity contribution in [3.05, 3.63) is 96.1 Å². The fourth-order valence-corrected chi connectivity index (χ4v) is 5.47. The molecule has 2 unspecified atom stereocenters. The first-order chi connectivity index (χ1) is 16.4. The lowest BCUT2D eigenvalue weighted by atomic mass is 10.1. The summed E-state index contributed by atoms with van der Waals surface area (Å²) in [5.41, 5.74) is 8.08. The van der Waals surface area contributed by atoms with Crippen LogP contribution in [0.4, 0.5) is 5.69 Å². The SMILES string of the molecule is C=S(OCCOc1ccc(N)c(C(=N)S(=O)c2cccc3ccccc23)c1)c1ccc(C)cc1. The number of nitrogens with two attached hydrogens (primary N) is 1. The molecule has 0 radical (unpaired) electrons. The Morgan fingerprint density at radius 3 is 2.50 bits per heavy atom. The molecule has 0 amide bonds. The van der Waals surface area contributed by atoms with Gasteiger partial charge >= 0.3 is 0 Å². The van der Waals surface area contributed by atoms with Crippen LogP contribution in [0, 0.1) is 12.3 Å². The Hall–Kier alpha value is -3.26. The molecule has 0 aliphatic heterocycles. The number of aryl methyl sites for hydroxylation is 1. The lowest BCUT2D eigenvalue weighted by molar-refractivity contribution is 0.238. The molecule has 34 heavy (non-hydrogen) atoms. The van der Waals surface area contributed by atoms with E-state index in [9.17, 15) is 4.21 Å². The molecule has 7 heteroatoms. The Labute approximate surface area is 204 Å². The van der Waals surface area contributed by atoms with Crippen molar-refractivity contribution < 1.29 is 13.1 Å². The molecule has 0 aliphatic rings. The number of ether oxygens (including phenoxy) is 1. The minimum Gasteiger partial charge on any atom is -0.491 e. The number of benzene rings is 4. The van der Waals surface area contributed by atoms with Crippen molar-refractivity contribution in [1.29, 1.82) is 5.41 Å². The standard InChI is InChI=1S/C27H26N2O3S2/c1-19-10-13-22(14-11-19)33(2)32-17-16-31-21-12-15-25(28)24(18-21)27(29)34(30)26-9-5-7-20-6-3-4-8-23(20)26/h3-15,18,29H,2,16-17,28H2,1H3. The number of hydrogen-bond acceptors (Lipinski definition) is 5. The first kappa shape index (κ1) is 23.9. The van der Waals surface area contributed by atoms with Crippen molar-refractivity contribution in [2.45, 2.75) is 16.7 Å². The van der Waals surface area contributed by atoms with Gasteiger partial charge in [-0.25, -0.2) is 4.21 Å². The monoisotopic (exact) mass is 490 g/mol. The third kappa shape index (κ3) is 5.44. The number of nitrogens with one attached hydrogen (secondary N) is 1. The van der Waals surface area contributed by atoms with Crippen LogP contribution in [0.3, 0.4) is 0 Å². The summed E-state index contributed by atoms with van der Waals surface area (Å²) in [5, 5.41) is 10.4. The van der Waals surface area contributed by atoms with E-state index in [0.29, 0.717) is 35.1 Å². The highest BCUT2D eigenvalue weighted by Crippen LogP contribution is 2.28. The van der Waals surface area contributed by atoms with E-state index >= 15 is 0 Å². The molecule has 4 rings (SSSR count). The van der Waals surface area contributed by atoms with Gasteiger partial charge in [-0.05, 0) is 70.7 Å². The zero-order valence-electron chi connectivity index (χ0n) is 18.8. The van der Waals surface area contributed by atoms with E-state index in [2.05, 4.69) is 5.87 Å². The second-order valence-corrected chi connectivity index (χ2v) is 10.4. The van der Waals surface area contributed by atoms with Crippen molar-refractivity contribution in [3.8, 4) is 5.75 Å². The molecule has 4 aromatic rings. The molecule has 5 nitrogen and oxygen atoms in total. The topological polar surface area (TPSA) is 85.4 Å². The Morgan fingerprint density at radius 1 is 0.971 bits per heavy atom. The van der Waals surface area contributed by atoms with Crippen LogP contribution in [0.25, 0.3) is 10.8 Å². The second-order valence-electron chi connectivity index (χ2n) is 7.65. The van der Waals surface area contributed by atoms with Gasteiger partial charge in [0.05, 0.1) is 11.5 Å². The molecule has 0 heterocycles. The maximum atomic E-state index is 13.3. The van der Waals surface area contributed by atoms with E-state index in [4.69, 9.17) is 20.1 Å². The van der Waals surface area contributed by atoms with Gasteiger partial charge in [-0.15, -0.1) is 0 Å². The molecule has 4 aromatic carbocycles. The normalized spacial score (nSPS) is 12.9. The van der Waals surface area contributed by atoms with Crippen LogP contribution in [0.1, 0.15) is 11.1 Å². The van der Waals surface area contributed by atoms with Crippen LogP contribution in [0.5, 0.6) is 5.75 Å². The number of fused-ring (bicyclic) bond motifs is 1. The maximum absolute atomic E-state index is 13.3. The molecule has 174 valence electrons. The van der Waals surface area contributed by atoms with Crippen molar-refractivity contribution in [2.75, 3.05) is 18.9 Å². The number of anilines is 1. The largest absolute Gasteiger partial charge is 0.491 e. The maximum Gasteiger partial charge on any atom is 0.133 e. The van der Waals surface area contributed by atoms with Crippen LogP contribution in [-0.2, 0) is 15.0 Å². The summed E-state index contributed by atoms with van der Waals surface area (Å²) in [6, 6.07) is 26.4. The molecule has 2 atom stereocenters. The van der Waals surface area contributed by atoms with Crippen LogP contribution in [-0.4, -0.2) is 28.3 Å². The zero-order chi connectivity index (χ0) is 24.1.